The van der Waals surface area contributed by atoms with Gasteiger partial charge in [0.25, 0.3) is 0 Å². The minimum atomic E-state index is 0.446. The lowest BCUT2D eigenvalue weighted by Crippen LogP contribution is -2.37. The molecular formula is C16H23N. The van der Waals surface area contributed by atoms with Gasteiger partial charge in [-0.3, -0.25) is 0 Å². The average molecular weight is 229 g/mol. The number of benzene rings is 1. The first-order valence-electron chi connectivity index (χ1n) is 6.90. The summed E-state index contributed by atoms with van der Waals surface area (Å²) in [5, 5.41) is 0. The molecule has 1 aromatic rings. The van der Waals surface area contributed by atoms with E-state index < -0.39 is 0 Å². The maximum Gasteiger partial charge on any atom is 0.000780 e. The van der Waals surface area contributed by atoms with Crippen molar-refractivity contribution in [2.24, 2.45) is 11.1 Å². The Labute approximate surface area is 104 Å². The Bertz CT molecular complexity index is 429. The van der Waals surface area contributed by atoms with Crippen molar-refractivity contribution in [2.45, 2.75) is 50.9 Å². The maximum absolute atomic E-state index is 5.79. The summed E-state index contributed by atoms with van der Waals surface area (Å²) in [5.74, 6) is 0.678. The monoisotopic (exact) mass is 229 g/mol. The number of fused-ring (bicyclic) bond motifs is 2. The largest absolute Gasteiger partial charge is 0.330 e. The zero-order valence-electron chi connectivity index (χ0n) is 11.0. The standard InChI is InChI=1S/C16H23N/c1-15(2)11-12(7-10-17)13-5-3-4-6-14(13)16(15)8-9-16/h3-6,12H,7-11,17H2,1-2H3. The van der Waals surface area contributed by atoms with Crippen LogP contribution in [0.15, 0.2) is 24.3 Å². The highest BCUT2D eigenvalue weighted by atomic mass is 14.6. The predicted octanol–water partition coefficient (Wildman–Crippen LogP) is 3.58. The van der Waals surface area contributed by atoms with E-state index in [4.69, 9.17) is 5.73 Å². The van der Waals surface area contributed by atoms with Crippen LogP contribution >= 0.6 is 0 Å². The number of hydrogen-bond acceptors (Lipinski definition) is 1. The molecule has 2 aliphatic rings. The van der Waals surface area contributed by atoms with Crippen LogP contribution in [0.4, 0.5) is 0 Å². The van der Waals surface area contributed by atoms with Crippen LogP contribution in [0.1, 0.15) is 56.6 Å². The first-order valence-corrected chi connectivity index (χ1v) is 6.90. The Kier molecular flexibility index (Phi) is 2.38. The fourth-order valence-electron chi connectivity index (χ4n) is 4.10. The lowest BCUT2D eigenvalue weighted by molar-refractivity contribution is 0.197. The van der Waals surface area contributed by atoms with E-state index >= 15 is 0 Å². The molecule has 1 nitrogen and oxygen atoms in total. The Morgan fingerprint density at radius 1 is 1.24 bits per heavy atom. The first kappa shape index (κ1) is 11.3. The van der Waals surface area contributed by atoms with Gasteiger partial charge >= 0.3 is 0 Å². The topological polar surface area (TPSA) is 26.0 Å². The van der Waals surface area contributed by atoms with E-state index in [1.165, 1.54) is 19.3 Å². The van der Waals surface area contributed by atoms with E-state index in [1.54, 1.807) is 11.1 Å². The van der Waals surface area contributed by atoms with Crippen molar-refractivity contribution in [3.63, 3.8) is 0 Å². The van der Waals surface area contributed by atoms with Gasteiger partial charge in [0.05, 0.1) is 0 Å². The summed E-state index contributed by atoms with van der Waals surface area (Å²) >= 11 is 0. The molecule has 0 heterocycles. The van der Waals surface area contributed by atoms with Gasteiger partial charge in [-0.25, -0.2) is 0 Å². The van der Waals surface area contributed by atoms with Crippen molar-refractivity contribution < 1.29 is 0 Å². The highest BCUT2D eigenvalue weighted by Crippen LogP contribution is 2.66. The summed E-state index contributed by atoms with van der Waals surface area (Å²) < 4.78 is 0. The van der Waals surface area contributed by atoms with Crippen LogP contribution in [-0.2, 0) is 5.41 Å². The molecule has 0 saturated heterocycles. The van der Waals surface area contributed by atoms with Gasteiger partial charge in [0, 0.05) is 5.41 Å². The van der Waals surface area contributed by atoms with E-state index in [9.17, 15) is 0 Å². The molecule has 1 unspecified atom stereocenters. The van der Waals surface area contributed by atoms with Crippen LogP contribution in [0.25, 0.3) is 0 Å². The molecule has 0 amide bonds. The summed E-state index contributed by atoms with van der Waals surface area (Å²) in [6.45, 7) is 5.72. The Morgan fingerprint density at radius 2 is 1.94 bits per heavy atom. The molecule has 1 heteroatoms. The highest BCUT2D eigenvalue weighted by Gasteiger charge is 2.58. The molecule has 0 bridgehead atoms. The molecule has 0 radical (unpaired) electrons. The molecule has 0 aromatic heterocycles. The molecule has 17 heavy (non-hydrogen) atoms. The molecule has 3 rings (SSSR count). The van der Waals surface area contributed by atoms with E-state index in [1.807, 2.05) is 0 Å². The van der Waals surface area contributed by atoms with Gasteiger partial charge in [-0.15, -0.1) is 0 Å². The third-order valence-corrected chi connectivity index (χ3v) is 5.23. The van der Waals surface area contributed by atoms with Crippen LogP contribution in [0.5, 0.6) is 0 Å². The smallest absolute Gasteiger partial charge is 0.000780 e. The van der Waals surface area contributed by atoms with Crippen LogP contribution < -0.4 is 5.73 Å². The molecule has 2 aliphatic carbocycles. The van der Waals surface area contributed by atoms with Crippen LogP contribution in [0, 0.1) is 5.41 Å². The van der Waals surface area contributed by atoms with Crippen molar-refractivity contribution in [1.29, 1.82) is 0 Å². The lowest BCUT2D eigenvalue weighted by Gasteiger charge is -2.45. The van der Waals surface area contributed by atoms with Crippen molar-refractivity contribution in [3.05, 3.63) is 35.4 Å². The van der Waals surface area contributed by atoms with Crippen molar-refractivity contribution in [1.82, 2.24) is 0 Å². The van der Waals surface area contributed by atoms with Crippen LogP contribution in [0.2, 0.25) is 0 Å². The lowest BCUT2D eigenvalue weighted by atomic mass is 9.59. The van der Waals surface area contributed by atoms with Gasteiger partial charge in [-0.1, -0.05) is 38.1 Å². The third kappa shape index (κ3) is 1.48. The predicted molar refractivity (Wildman–Crippen MR) is 72.2 cm³/mol. The Hall–Kier alpha value is -0.820. The second-order valence-electron chi connectivity index (χ2n) is 6.53. The Morgan fingerprint density at radius 3 is 2.59 bits per heavy atom. The summed E-state index contributed by atoms with van der Waals surface area (Å²) in [7, 11) is 0. The number of hydrogen-bond donors (Lipinski definition) is 1. The third-order valence-electron chi connectivity index (χ3n) is 5.23. The van der Waals surface area contributed by atoms with Crippen molar-refractivity contribution in [3.8, 4) is 0 Å². The maximum atomic E-state index is 5.79. The summed E-state index contributed by atoms with van der Waals surface area (Å²) in [6.07, 6.45) is 5.20. The second-order valence-corrected chi connectivity index (χ2v) is 6.53. The quantitative estimate of drug-likeness (QED) is 0.824. The summed E-state index contributed by atoms with van der Waals surface area (Å²) in [4.78, 5) is 0. The molecule has 1 spiro atoms. The first-order chi connectivity index (χ1) is 8.11. The van der Waals surface area contributed by atoms with Gasteiger partial charge in [-0.2, -0.15) is 0 Å². The zero-order valence-corrected chi connectivity index (χ0v) is 11.0. The minimum Gasteiger partial charge on any atom is -0.330 e. The van der Waals surface area contributed by atoms with Crippen LogP contribution in [0.3, 0.4) is 0 Å². The molecule has 2 N–H and O–H groups in total. The molecule has 92 valence electrons. The fourth-order valence-corrected chi connectivity index (χ4v) is 4.10. The van der Waals surface area contributed by atoms with Gasteiger partial charge < -0.3 is 5.73 Å². The normalized spacial score (nSPS) is 27.8. The summed E-state index contributed by atoms with van der Waals surface area (Å²) in [6, 6.07) is 9.11. The van der Waals surface area contributed by atoms with Crippen molar-refractivity contribution >= 4 is 0 Å². The van der Waals surface area contributed by atoms with E-state index in [-0.39, 0.29) is 0 Å². The van der Waals surface area contributed by atoms with Crippen molar-refractivity contribution in [2.75, 3.05) is 6.54 Å². The molecule has 1 aromatic carbocycles. The molecule has 1 saturated carbocycles. The van der Waals surface area contributed by atoms with Gasteiger partial charge in [0.2, 0.25) is 0 Å². The van der Waals surface area contributed by atoms with Crippen LogP contribution in [-0.4, -0.2) is 6.54 Å². The molecule has 1 atom stereocenters. The average Bonchev–Trinajstić information content (AvgIpc) is 3.08. The molecular weight excluding hydrogens is 206 g/mol. The summed E-state index contributed by atoms with van der Waals surface area (Å²) in [5.41, 5.74) is 9.96. The van der Waals surface area contributed by atoms with E-state index in [0.29, 0.717) is 16.7 Å². The number of nitrogens with two attached hydrogens (primary N) is 1. The number of rotatable bonds is 2. The second kappa shape index (κ2) is 3.58. The minimum absolute atomic E-state index is 0.446. The van der Waals surface area contributed by atoms with Gasteiger partial charge in [0.1, 0.15) is 0 Å². The Balaban J connectivity index is 2.10. The van der Waals surface area contributed by atoms with E-state index in [0.717, 1.165) is 13.0 Å². The molecule has 1 fully saturated rings. The van der Waals surface area contributed by atoms with Gasteiger partial charge in [-0.05, 0) is 54.7 Å². The molecule has 0 aliphatic heterocycles. The zero-order chi connectivity index (χ0) is 12.1. The van der Waals surface area contributed by atoms with Gasteiger partial charge in [0.15, 0.2) is 0 Å². The fraction of sp³-hybridized carbons (Fsp3) is 0.625. The van der Waals surface area contributed by atoms with E-state index in [2.05, 4.69) is 38.1 Å². The highest BCUT2D eigenvalue weighted by molar-refractivity contribution is 5.45. The SMILES string of the molecule is CC1(C)CC(CCN)c2ccccc2C12CC2.